The second-order valence-corrected chi connectivity index (χ2v) is 7.36. The van der Waals surface area contributed by atoms with Crippen LogP contribution < -0.4 is 9.47 Å². The average Bonchev–Trinajstić information content (AvgIpc) is 3.03. The van der Waals surface area contributed by atoms with Crippen molar-refractivity contribution in [3.05, 3.63) is 59.2 Å². The second kappa shape index (κ2) is 9.55. The summed E-state index contributed by atoms with van der Waals surface area (Å²) in [6, 6.07) is 10.4. The van der Waals surface area contributed by atoms with Crippen LogP contribution in [-0.2, 0) is 9.59 Å². The fraction of sp³-hybridized carbons (Fsp3) is 0.333. The maximum Gasteiger partial charge on any atom is 0.295 e. The van der Waals surface area contributed by atoms with Crippen molar-refractivity contribution in [2.45, 2.75) is 32.2 Å². The van der Waals surface area contributed by atoms with Crippen LogP contribution in [0.1, 0.15) is 43.4 Å². The standard InChI is InChI=1S/C24H27NO6/c1-4-5-6-12-25-21(15-8-7-9-17(26)13-15)20(23(28)24(25)29)22(27)16-10-11-18(30-2)19(14-16)31-3/h7-11,13-14,21,26-27H,4-6,12H2,1-3H3/b22-20-. The average molecular weight is 425 g/mol. The number of carbonyl (C=O) groups is 2. The van der Waals surface area contributed by atoms with E-state index in [1.165, 1.54) is 31.3 Å². The van der Waals surface area contributed by atoms with Crippen molar-refractivity contribution >= 4 is 17.4 Å². The number of amides is 1. The van der Waals surface area contributed by atoms with Crippen LogP contribution in [0.3, 0.4) is 0 Å². The number of methoxy groups -OCH3 is 2. The lowest BCUT2D eigenvalue weighted by Crippen LogP contribution is -2.30. The van der Waals surface area contributed by atoms with Gasteiger partial charge in [0.05, 0.1) is 25.8 Å². The van der Waals surface area contributed by atoms with Crippen LogP contribution in [0.2, 0.25) is 0 Å². The number of phenols is 1. The van der Waals surface area contributed by atoms with E-state index in [4.69, 9.17) is 9.47 Å². The van der Waals surface area contributed by atoms with Gasteiger partial charge in [-0.15, -0.1) is 0 Å². The van der Waals surface area contributed by atoms with Crippen LogP contribution >= 0.6 is 0 Å². The minimum atomic E-state index is -0.794. The normalized spacial score (nSPS) is 17.8. The summed E-state index contributed by atoms with van der Waals surface area (Å²) in [4.78, 5) is 27.3. The van der Waals surface area contributed by atoms with Gasteiger partial charge in [-0.25, -0.2) is 0 Å². The Morgan fingerprint density at radius 3 is 2.42 bits per heavy atom. The number of nitrogens with zero attached hydrogens (tertiary/aromatic N) is 1. The predicted molar refractivity (Wildman–Crippen MR) is 116 cm³/mol. The summed E-state index contributed by atoms with van der Waals surface area (Å²) in [7, 11) is 2.97. The van der Waals surface area contributed by atoms with E-state index >= 15 is 0 Å². The van der Waals surface area contributed by atoms with Gasteiger partial charge in [-0.2, -0.15) is 0 Å². The minimum Gasteiger partial charge on any atom is -0.508 e. The molecule has 1 aliphatic heterocycles. The summed E-state index contributed by atoms with van der Waals surface area (Å²) in [6.07, 6.45) is 2.60. The van der Waals surface area contributed by atoms with Crippen LogP contribution in [0.4, 0.5) is 0 Å². The van der Waals surface area contributed by atoms with Crippen molar-refractivity contribution in [2.24, 2.45) is 0 Å². The SMILES string of the molecule is CCCCCN1C(=O)C(=O)/C(=C(\O)c2ccc(OC)c(OC)c2)C1c1cccc(O)c1. The summed E-state index contributed by atoms with van der Waals surface area (Å²) in [5.41, 5.74) is 0.867. The third-order valence-electron chi connectivity index (χ3n) is 5.39. The van der Waals surface area contributed by atoms with E-state index in [0.29, 0.717) is 29.2 Å². The Morgan fingerprint density at radius 2 is 1.77 bits per heavy atom. The van der Waals surface area contributed by atoms with Gasteiger partial charge in [0.25, 0.3) is 11.7 Å². The zero-order valence-corrected chi connectivity index (χ0v) is 17.9. The minimum absolute atomic E-state index is 0.0145. The number of phenolic OH excluding ortho intramolecular Hbond substituents is 1. The molecular weight excluding hydrogens is 398 g/mol. The number of aromatic hydroxyl groups is 1. The molecule has 1 amide bonds. The van der Waals surface area contributed by atoms with E-state index in [9.17, 15) is 19.8 Å². The molecular formula is C24H27NO6. The van der Waals surface area contributed by atoms with E-state index < -0.39 is 17.7 Å². The molecule has 0 aromatic heterocycles. The third-order valence-corrected chi connectivity index (χ3v) is 5.39. The zero-order valence-electron chi connectivity index (χ0n) is 17.9. The van der Waals surface area contributed by atoms with Crippen LogP contribution in [0, 0.1) is 0 Å². The van der Waals surface area contributed by atoms with E-state index in [2.05, 4.69) is 6.92 Å². The molecule has 2 aromatic carbocycles. The van der Waals surface area contributed by atoms with Crippen molar-refractivity contribution < 1.29 is 29.3 Å². The van der Waals surface area contributed by atoms with Gasteiger partial charge in [-0.1, -0.05) is 31.9 Å². The topological polar surface area (TPSA) is 96.3 Å². The highest BCUT2D eigenvalue weighted by Gasteiger charge is 2.45. The number of hydrogen-bond donors (Lipinski definition) is 2. The number of ether oxygens (including phenoxy) is 2. The predicted octanol–water partition coefficient (Wildman–Crippen LogP) is 4.02. The number of aliphatic hydroxyl groups is 1. The van der Waals surface area contributed by atoms with Gasteiger partial charge < -0.3 is 24.6 Å². The molecule has 31 heavy (non-hydrogen) atoms. The number of likely N-dealkylation sites (tertiary alicyclic amines) is 1. The van der Waals surface area contributed by atoms with Crippen LogP contribution in [0.5, 0.6) is 17.2 Å². The van der Waals surface area contributed by atoms with Crippen molar-refractivity contribution in [3.8, 4) is 17.2 Å². The quantitative estimate of drug-likeness (QED) is 0.287. The molecule has 0 bridgehead atoms. The molecule has 0 radical (unpaired) electrons. The Kier molecular flexibility index (Phi) is 6.84. The third kappa shape index (κ3) is 4.35. The monoisotopic (exact) mass is 425 g/mol. The first-order chi connectivity index (χ1) is 14.9. The number of unbranched alkanes of at least 4 members (excludes halogenated alkanes) is 2. The molecule has 0 aliphatic carbocycles. The molecule has 1 unspecified atom stereocenters. The van der Waals surface area contributed by atoms with Crippen molar-refractivity contribution in [3.63, 3.8) is 0 Å². The highest BCUT2D eigenvalue weighted by molar-refractivity contribution is 6.46. The Bertz CT molecular complexity index is 1010. The highest BCUT2D eigenvalue weighted by atomic mass is 16.5. The Balaban J connectivity index is 2.15. The lowest BCUT2D eigenvalue weighted by molar-refractivity contribution is -0.139. The number of rotatable bonds is 8. The zero-order chi connectivity index (χ0) is 22.5. The van der Waals surface area contributed by atoms with Gasteiger partial charge in [0.2, 0.25) is 0 Å². The number of benzene rings is 2. The van der Waals surface area contributed by atoms with Crippen molar-refractivity contribution in [2.75, 3.05) is 20.8 Å². The molecule has 3 rings (SSSR count). The summed E-state index contributed by atoms with van der Waals surface area (Å²) in [6.45, 7) is 2.43. The molecule has 0 saturated carbocycles. The number of Topliss-reactive ketones (excluding diaryl/α,β-unsaturated/α-hetero) is 1. The van der Waals surface area contributed by atoms with Gasteiger partial charge in [0, 0.05) is 12.1 Å². The Labute approximate surface area is 181 Å². The molecule has 1 fully saturated rings. The maximum absolute atomic E-state index is 13.0. The van der Waals surface area contributed by atoms with Gasteiger partial charge in [0.15, 0.2) is 11.5 Å². The largest absolute Gasteiger partial charge is 0.508 e. The molecule has 1 aliphatic rings. The Hall–Kier alpha value is -3.48. The smallest absolute Gasteiger partial charge is 0.295 e. The van der Waals surface area contributed by atoms with Crippen molar-refractivity contribution in [1.82, 2.24) is 4.90 Å². The van der Waals surface area contributed by atoms with Crippen LogP contribution in [0.25, 0.3) is 5.76 Å². The number of hydrogen-bond acceptors (Lipinski definition) is 6. The summed E-state index contributed by atoms with van der Waals surface area (Å²) in [5, 5.41) is 21.1. The van der Waals surface area contributed by atoms with Gasteiger partial charge in [0.1, 0.15) is 11.5 Å². The van der Waals surface area contributed by atoms with Gasteiger partial charge >= 0.3 is 0 Å². The summed E-state index contributed by atoms with van der Waals surface area (Å²) < 4.78 is 10.5. The first-order valence-corrected chi connectivity index (χ1v) is 10.2. The fourth-order valence-electron chi connectivity index (χ4n) is 3.82. The van der Waals surface area contributed by atoms with Gasteiger partial charge in [-0.05, 0) is 42.3 Å². The van der Waals surface area contributed by atoms with Gasteiger partial charge in [-0.3, -0.25) is 9.59 Å². The van der Waals surface area contributed by atoms with E-state index in [-0.39, 0.29) is 17.1 Å². The first kappa shape index (κ1) is 22.2. The van der Waals surface area contributed by atoms with E-state index in [1.54, 1.807) is 30.3 Å². The van der Waals surface area contributed by atoms with E-state index in [0.717, 1.165) is 19.3 Å². The first-order valence-electron chi connectivity index (χ1n) is 10.2. The molecule has 7 nitrogen and oxygen atoms in total. The summed E-state index contributed by atoms with van der Waals surface area (Å²) in [5.74, 6) is -0.835. The van der Waals surface area contributed by atoms with E-state index in [1.807, 2.05) is 0 Å². The van der Waals surface area contributed by atoms with Crippen LogP contribution in [0.15, 0.2) is 48.0 Å². The molecule has 1 atom stereocenters. The molecule has 2 aromatic rings. The Morgan fingerprint density at radius 1 is 1.03 bits per heavy atom. The molecule has 2 N–H and O–H groups in total. The fourth-order valence-corrected chi connectivity index (χ4v) is 3.82. The second-order valence-electron chi connectivity index (χ2n) is 7.36. The molecule has 0 spiro atoms. The maximum atomic E-state index is 13.0. The molecule has 164 valence electrons. The highest BCUT2D eigenvalue weighted by Crippen LogP contribution is 2.41. The number of aliphatic hydroxyl groups excluding tert-OH is 1. The van der Waals surface area contributed by atoms with Crippen LogP contribution in [-0.4, -0.2) is 47.6 Å². The molecule has 7 heteroatoms. The lowest BCUT2D eigenvalue weighted by Gasteiger charge is -2.25. The molecule has 1 saturated heterocycles. The number of carbonyl (C=O) groups excluding carboxylic acids is 2. The van der Waals surface area contributed by atoms with Crippen molar-refractivity contribution in [1.29, 1.82) is 0 Å². The lowest BCUT2D eigenvalue weighted by atomic mass is 9.95. The summed E-state index contributed by atoms with van der Waals surface area (Å²) >= 11 is 0. The number of ketones is 1. The molecule has 1 heterocycles.